The lowest BCUT2D eigenvalue weighted by Crippen LogP contribution is -2.04. The zero-order valence-electron chi connectivity index (χ0n) is 7.27. The molecule has 0 bridgehead atoms. The highest BCUT2D eigenvalue weighted by molar-refractivity contribution is 7.09. The maximum Gasteiger partial charge on any atom is 0.122 e. The van der Waals surface area contributed by atoms with Gasteiger partial charge in [0.1, 0.15) is 5.82 Å². The van der Waals surface area contributed by atoms with Gasteiger partial charge in [0, 0.05) is 17.1 Å². The third-order valence-corrected chi connectivity index (χ3v) is 2.49. The highest BCUT2D eigenvalue weighted by Crippen LogP contribution is 2.11. The number of rotatable bonds is 2. The van der Waals surface area contributed by atoms with Crippen molar-refractivity contribution in [3.8, 4) is 0 Å². The van der Waals surface area contributed by atoms with Crippen LogP contribution in [0.1, 0.15) is 10.6 Å². The Hall–Kier alpha value is -1.36. The van der Waals surface area contributed by atoms with Crippen molar-refractivity contribution in [1.82, 2.24) is 14.8 Å². The van der Waals surface area contributed by atoms with Crippen LogP contribution in [0.15, 0.2) is 17.8 Å². The monoisotopic (exact) mass is 194 g/mol. The maximum atomic E-state index is 5.74. The van der Waals surface area contributed by atoms with Crippen molar-refractivity contribution in [2.45, 2.75) is 13.5 Å². The SMILES string of the molecule is Cc1cc(N)n(Cc2cncs2)n1. The van der Waals surface area contributed by atoms with Crippen molar-refractivity contribution >= 4 is 17.2 Å². The van der Waals surface area contributed by atoms with E-state index in [1.165, 1.54) is 0 Å². The van der Waals surface area contributed by atoms with Gasteiger partial charge in [-0.2, -0.15) is 5.10 Å². The molecule has 2 rings (SSSR count). The van der Waals surface area contributed by atoms with E-state index in [0.29, 0.717) is 12.4 Å². The van der Waals surface area contributed by atoms with Crippen LogP contribution in [-0.2, 0) is 6.54 Å². The van der Waals surface area contributed by atoms with Crippen molar-refractivity contribution in [3.63, 3.8) is 0 Å². The Balaban J connectivity index is 2.23. The molecule has 0 atom stereocenters. The zero-order valence-corrected chi connectivity index (χ0v) is 8.08. The molecule has 0 aromatic carbocycles. The lowest BCUT2D eigenvalue weighted by atomic mass is 10.5. The fourth-order valence-corrected chi connectivity index (χ4v) is 1.74. The molecule has 0 amide bonds. The summed E-state index contributed by atoms with van der Waals surface area (Å²) in [5.41, 5.74) is 8.50. The van der Waals surface area contributed by atoms with E-state index in [9.17, 15) is 0 Å². The van der Waals surface area contributed by atoms with Crippen LogP contribution in [-0.4, -0.2) is 14.8 Å². The molecule has 2 heterocycles. The largest absolute Gasteiger partial charge is 0.384 e. The van der Waals surface area contributed by atoms with E-state index in [-0.39, 0.29) is 0 Å². The Morgan fingerprint density at radius 2 is 2.46 bits per heavy atom. The second-order valence-corrected chi connectivity index (χ2v) is 3.81. The van der Waals surface area contributed by atoms with E-state index in [1.807, 2.05) is 24.7 Å². The van der Waals surface area contributed by atoms with Crippen LogP contribution in [0, 0.1) is 6.92 Å². The van der Waals surface area contributed by atoms with Gasteiger partial charge < -0.3 is 5.73 Å². The Morgan fingerprint density at radius 3 is 3.00 bits per heavy atom. The lowest BCUT2D eigenvalue weighted by molar-refractivity contribution is 0.696. The molecule has 0 aliphatic heterocycles. The van der Waals surface area contributed by atoms with Gasteiger partial charge in [-0.15, -0.1) is 11.3 Å². The number of nitrogen functional groups attached to an aromatic ring is 1. The Labute approximate surface area is 80.0 Å². The minimum Gasteiger partial charge on any atom is -0.384 e. The van der Waals surface area contributed by atoms with Crippen molar-refractivity contribution in [3.05, 3.63) is 28.3 Å². The summed E-state index contributed by atoms with van der Waals surface area (Å²) < 4.78 is 1.78. The van der Waals surface area contributed by atoms with Gasteiger partial charge in [0.15, 0.2) is 0 Å². The summed E-state index contributed by atoms with van der Waals surface area (Å²) in [5, 5.41) is 4.26. The van der Waals surface area contributed by atoms with Gasteiger partial charge >= 0.3 is 0 Å². The van der Waals surface area contributed by atoms with Gasteiger partial charge in [0.2, 0.25) is 0 Å². The van der Waals surface area contributed by atoms with Crippen molar-refractivity contribution in [2.24, 2.45) is 0 Å². The molecular weight excluding hydrogens is 184 g/mol. The summed E-state index contributed by atoms with van der Waals surface area (Å²) in [7, 11) is 0. The van der Waals surface area contributed by atoms with E-state index >= 15 is 0 Å². The molecule has 5 heteroatoms. The highest BCUT2D eigenvalue weighted by Gasteiger charge is 2.02. The van der Waals surface area contributed by atoms with Crippen molar-refractivity contribution < 1.29 is 0 Å². The molecular formula is C8H10N4S. The fourth-order valence-electron chi connectivity index (χ4n) is 1.16. The summed E-state index contributed by atoms with van der Waals surface area (Å²) >= 11 is 1.61. The van der Waals surface area contributed by atoms with Crippen molar-refractivity contribution in [1.29, 1.82) is 0 Å². The van der Waals surface area contributed by atoms with Crippen LogP contribution in [0.2, 0.25) is 0 Å². The average molecular weight is 194 g/mol. The first kappa shape index (κ1) is 8.25. The van der Waals surface area contributed by atoms with E-state index in [1.54, 1.807) is 16.0 Å². The topological polar surface area (TPSA) is 56.7 Å². The van der Waals surface area contributed by atoms with Gasteiger partial charge in [0.25, 0.3) is 0 Å². The van der Waals surface area contributed by atoms with Crippen LogP contribution in [0.3, 0.4) is 0 Å². The Kier molecular flexibility index (Phi) is 2.02. The minimum atomic E-state index is 0.700. The highest BCUT2D eigenvalue weighted by atomic mass is 32.1. The molecule has 2 aromatic heterocycles. The molecule has 68 valence electrons. The number of aryl methyl sites for hydroxylation is 1. The van der Waals surface area contributed by atoms with E-state index in [2.05, 4.69) is 10.1 Å². The summed E-state index contributed by atoms with van der Waals surface area (Å²) in [4.78, 5) is 5.15. The standard InChI is InChI=1S/C8H10N4S/c1-6-2-8(9)12(11-6)4-7-3-10-5-13-7/h2-3,5H,4,9H2,1H3. The van der Waals surface area contributed by atoms with Crippen LogP contribution >= 0.6 is 11.3 Å². The van der Waals surface area contributed by atoms with Crippen LogP contribution in [0.25, 0.3) is 0 Å². The van der Waals surface area contributed by atoms with Gasteiger partial charge in [-0.25, -0.2) is 4.68 Å². The number of thiazole rings is 1. The number of nitrogens with two attached hydrogens (primary N) is 1. The number of hydrogen-bond donors (Lipinski definition) is 1. The predicted octanol–water partition coefficient (Wildman–Crippen LogP) is 1.28. The van der Waals surface area contributed by atoms with Gasteiger partial charge in [-0.1, -0.05) is 0 Å². The smallest absolute Gasteiger partial charge is 0.122 e. The minimum absolute atomic E-state index is 0.700. The Bertz CT molecular complexity index is 390. The van der Waals surface area contributed by atoms with Gasteiger partial charge in [-0.3, -0.25) is 4.98 Å². The number of anilines is 1. The summed E-state index contributed by atoms with van der Waals surface area (Å²) in [6.07, 6.45) is 1.83. The molecule has 2 N–H and O–H groups in total. The molecule has 0 radical (unpaired) electrons. The summed E-state index contributed by atoms with van der Waals surface area (Å²) in [5.74, 6) is 0.700. The first-order valence-corrected chi connectivity index (χ1v) is 4.81. The molecule has 2 aromatic rings. The number of hydrogen-bond acceptors (Lipinski definition) is 4. The van der Waals surface area contributed by atoms with Gasteiger partial charge in [-0.05, 0) is 6.92 Å². The molecule has 4 nitrogen and oxygen atoms in total. The molecule has 0 aliphatic carbocycles. The molecule has 0 aliphatic rings. The second-order valence-electron chi connectivity index (χ2n) is 2.84. The number of nitrogens with zero attached hydrogens (tertiary/aromatic N) is 3. The molecule has 0 fully saturated rings. The normalized spacial score (nSPS) is 10.5. The summed E-state index contributed by atoms with van der Waals surface area (Å²) in [6.45, 7) is 2.64. The average Bonchev–Trinajstić information content (AvgIpc) is 2.63. The second kappa shape index (κ2) is 3.18. The summed E-state index contributed by atoms with van der Waals surface area (Å²) in [6, 6.07) is 1.86. The third kappa shape index (κ3) is 1.70. The lowest BCUT2D eigenvalue weighted by Gasteiger charge is -1.99. The fraction of sp³-hybridized carbons (Fsp3) is 0.250. The molecule has 0 saturated heterocycles. The van der Waals surface area contributed by atoms with Gasteiger partial charge in [0.05, 0.1) is 17.7 Å². The van der Waals surface area contributed by atoms with E-state index in [4.69, 9.17) is 5.73 Å². The first-order valence-electron chi connectivity index (χ1n) is 3.93. The van der Waals surface area contributed by atoms with E-state index < -0.39 is 0 Å². The number of aromatic nitrogens is 3. The Morgan fingerprint density at radius 1 is 1.62 bits per heavy atom. The maximum absolute atomic E-state index is 5.74. The molecule has 0 unspecified atom stereocenters. The van der Waals surface area contributed by atoms with Crippen LogP contribution in [0.4, 0.5) is 5.82 Å². The molecule has 0 spiro atoms. The molecule has 13 heavy (non-hydrogen) atoms. The van der Waals surface area contributed by atoms with Crippen LogP contribution < -0.4 is 5.73 Å². The third-order valence-electron chi connectivity index (χ3n) is 1.72. The quantitative estimate of drug-likeness (QED) is 0.783. The molecule has 0 saturated carbocycles. The zero-order chi connectivity index (χ0) is 9.26. The van der Waals surface area contributed by atoms with E-state index in [0.717, 1.165) is 10.6 Å². The van der Waals surface area contributed by atoms with Crippen molar-refractivity contribution in [2.75, 3.05) is 5.73 Å². The first-order chi connectivity index (χ1) is 6.25. The van der Waals surface area contributed by atoms with Crippen LogP contribution in [0.5, 0.6) is 0 Å². The predicted molar refractivity (Wildman–Crippen MR) is 52.6 cm³/mol.